The van der Waals surface area contributed by atoms with Gasteiger partial charge >= 0.3 is 0 Å². The Bertz CT molecular complexity index is 1470. The number of nitrogens with one attached hydrogen (secondary N) is 1. The molecule has 1 atom stereocenters. The van der Waals surface area contributed by atoms with Gasteiger partial charge in [0.1, 0.15) is 24.2 Å². The summed E-state index contributed by atoms with van der Waals surface area (Å²) in [6, 6.07) is 17.7. The Morgan fingerprint density at radius 3 is 2.16 bits per heavy atom. The number of halogens is 1. The standard InChI is InChI=1S/C33H40FN3O5S/c1-4-31(33(39)35-27-8-6-5-7-9-27)36(22-25-12-18-29(42-3)19-13-25)32(38)23-37(28-16-10-24(2)11-17-28)43(40,41)30-20-14-26(34)15-21-30/h10-21,27,31H,4-9,22-23H2,1-3H3,(H,35,39)/t31-/m1/s1. The maximum absolute atomic E-state index is 14.2. The molecule has 230 valence electrons. The molecule has 1 N–H and O–H groups in total. The molecule has 1 aliphatic carbocycles. The van der Waals surface area contributed by atoms with E-state index in [1.165, 1.54) is 17.0 Å². The predicted octanol–water partition coefficient (Wildman–Crippen LogP) is 5.59. The number of rotatable bonds is 12. The van der Waals surface area contributed by atoms with Crippen LogP contribution < -0.4 is 14.4 Å². The molecular weight excluding hydrogens is 569 g/mol. The van der Waals surface area contributed by atoms with E-state index in [-0.39, 0.29) is 29.1 Å². The normalized spacial score (nSPS) is 14.5. The van der Waals surface area contributed by atoms with E-state index in [1.54, 1.807) is 43.5 Å². The highest BCUT2D eigenvalue weighted by Gasteiger charge is 2.34. The monoisotopic (exact) mass is 609 g/mol. The number of sulfonamides is 1. The molecular formula is C33H40FN3O5S. The Balaban J connectivity index is 1.70. The fourth-order valence-electron chi connectivity index (χ4n) is 5.36. The smallest absolute Gasteiger partial charge is 0.264 e. The summed E-state index contributed by atoms with van der Waals surface area (Å²) in [6.07, 6.45) is 5.36. The van der Waals surface area contributed by atoms with E-state index in [1.807, 2.05) is 26.0 Å². The van der Waals surface area contributed by atoms with Crippen molar-refractivity contribution in [1.29, 1.82) is 0 Å². The quantitative estimate of drug-likeness (QED) is 0.289. The highest BCUT2D eigenvalue weighted by atomic mass is 32.2. The number of hydrogen-bond donors (Lipinski definition) is 1. The molecule has 0 saturated heterocycles. The molecule has 1 fully saturated rings. The van der Waals surface area contributed by atoms with Crippen molar-refractivity contribution < 1.29 is 27.1 Å². The number of anilines is 1. The zero-order valence-electron chi connectivity index (χ0n) is 25.0. The lowest BCUT2D eigenvalue weighted by molar-refractivity contribution is -0.140. The van der Waals surface area contributed by atoms with Gasteiger partial charge in [0.25, 0.3) is 10.0 Å². The molecule has 0 aromatic heterocycles. The third-order valence-corrected chi connectivity index (χ3v) is 9.64. The van der Waals surface area contributed by atoms with Crippen LogP contribution in [0.15, 0.2) is 77.7 Å². The molecule has 1 aliphatic rings. The molecule has 0 radical (unpaired) electrons. The summed E-state index contributed by atoms with van der Waals surface area (Å²) in [5.74, 6) is -0.704. The van der Waals surface area contributed by atoms with Gasteiger partial charge in [0, 0.05) is 12.6 Å². The predicted molar refractivity (Wildman–Crippen MR) is 165 cm³/mol. The van der Waals surface area contributed by atoms with Crippen molar-refractivity contribution in [2.45, 2.75) is 75.9 Å². The number of carbonyl (C=O) groups excluding carboxylic acids is 2. The van der Waals surface area contributed by atoms with Gasteiger partial charge in [-0.3, -0.25) is 13.9 Å². The van der Waals surface area contributed by atoms with E-state index in [2.05, 4.69) is 5.32 Å². The van der Waals surface area contributed by atoms with Gasteiger partial charge in [-0.25, -0.2) is 12.8 Å². The number of aryl methyl sites for hydroxylation is 1. The number of hydrogen-bond acceptors (Lipinski definition) is 5. The summed E-state index contributed by atoms with van der Waals surface area (Å²) in [6.45, 7) is 3.26. The molecule has 0 heterocycles. The van der Waals surface area contributed by atoms with Crippen LogP contribution in [0.2, 0.25) is 0 Å². The van der Waals surface area contributed by atoms with Crippen LogP contribution in [0.3, 0.4) is 0 Å². The maximum Gasteiger partial charge on any atom is 0.264 e. The van der Waals surface area contributed by atoms with Gasteiger partial charge in [0.05, 0.1) is 17.7 Å². The molecule has 3 aromatic carbocycles. The highest BCUT2D eigenvalue weighted by molar-refractivity contribution is 7.92. The lowest BCUT2D eigenvalue weighted by Crippen LogP contribution is -2.54. The van der Waals surface area contributed by atoms with Gasteiger partial charge in [-0.15, -0.1) is 0 Å². The first-order valence-corrected chi connectivity index (χ1v) is 16.1. The zero-order valence-corrected chi connectivity index (χ0v) is 25.8. The zero-order chi connectivity index (χ0) is 31.0. The summed E-state index contributed by atoms with van der Waals surface area (Å²) in [4.78, 5) is 29.1. The fraction of sp³-hybridized carbons (Fsp3) is 0.394. The summed E-state index contributed by atoms with van der Waals surface area (Å²) < 4.78 is 47.7. The van der Waals surface area contributed by atoms with Crippen LogP contribution in [0, 0.1) is 12.7 Å². The van der Waals surface area contributed by atoms with Crippen LogP contribution in [0.25, 0.3) is 0 Å². The number of ether oxygens (including phenoxy) is 1. The van der Waals surface area contributed by atoms with Crippen LogP contribution in [0.4, 0.5) is 10.1 Å². The lowest BCUT2D eigenvalue weighted by Gasteiger charge is -2.34. The molecule has 8 nitrogen and oxygen atoms in total. The van der Waals surface area contributed by atoms with Gasteiger partial charge in [0.15, 0.2) is 0 Å². The number of nitrogens with zero attached hydrogens (tertiary/aromatic N) is 2. The van der Waals surface area contributed by atoms with E-state index < -0.39 is 34.3 Å². The molecule has 0 spiro atoms. The Labute approximate surface area is 253 Å². The number of benzene rings is 3. The number of amides is 2. The van der Waals surface area contributed by atoms with Crippen molar-refractivity contribution in [3.8, 4) is 5.75 Å². The molecule has 3 aromatic rings. The topological polar surface area (TPSA) is 96.0 Å². The summed E-state index contributed by atoms with van der Waals surface area (Å²) in [7, 11) is -2.70. The maximum atomic E-state index is 14.2. The minimum absolute atomic E-state index is 0.0520. The minimum atomic E-state index is -4.27. The van der Waals surface area contributed by atoms with Crippen molar-refractivity contribution in [3.05, 3.63) is 89.7 Å². The number of carbonyl (C=O) groups is 2. The Morgan fingerprint density at radius 2 is 1.58 bits per heavy atom. The van der Waals surface area contributed by atoms with Crippen molar-refractivity contribution in [2.75, 3.05) is 18.0 Å². The molecule has 0 aliphatic heterocycles. The molecule has 2 amide bonds. The van der Waals surface area contributed by atoms with E-state index in [9.17, 15) is 22.4 Å². The minimum Gasteiger partial charge on any atom is -0.497 e. The van der Waals surface area contributed by atoms with Crippen molar-refractivity contribution in [2.24, 2.45) is 0 Å². The van der Waals surface area contributed by atoms with Gasteiger partial charge in [-0.05, 0) is 80.3 Å². The Kier molecular flexibility index (Phi) is 10.8. The van der Waals surface area contributed by atoms with E-state index in [0.717, 1.165) is 59.7 Å². The van der Waals surface area contributed by atoms with Crippen molar-refractivity contribution in [3.63, 3.8) is 0 Å². The average molecular weight is 610 g/mol. The van der Waals surface area contributed by atoms with Gasteiger partial charge in [-0.1, -0.05) is 56.0 Å². The molecule has 4 rings (SSSR count). The first kappa shape index (κ1) is 32.0. The van der Waals surface area contributed by atoms with Gasteiger partial charge in [0.2, 0.25) is 11.8 Å². The van der Waals surface area contributed by atoms with Gasteiger partial charge < -0.3 is 15.0 Å². The average Bonchev–Trinajstić information content (AvgIpc) is 3.01. The Morgan fingerprint density at radius 1 is 0.953 bits per heavy atom. The third kappa shape index (κ3) is 8.13. The second-order valence-electron chi connectivity index (χ2n) is 10.9. The van der Waals surface area contributed by atoms with E-state index in [4.69, 9.17) is 4.74 Å². The van der Waals surface area contributed by atoms with Crippen LogP contribution in [0.1, 0.15) is 56.6 Å². The highest BCUT2D eigenvalue weighted by Crippen LogP contribution is 2.26. The largest absolute Gasteiger partial charge is 0.497 e. The Hall–Kier alpha value is -3.92. The first-order chi connectivity index (χ1) is 20.6. The molecule has 43 heavy (non-hydrogen) atoms. The molecule has 0 bridgehead atoms. The molecule has 0 unspecified atom stereocenters. The number of methoxy groups -OCH3 is 1. The lowest BCUT2D eigenvalue weighted by atomic mass is 9.95. The summed E-state index contributed by atoms with van der Waals surface area (Å²) in [5, 5.41) is 3.14. The first-order valence-electron chi connectivity index (χ1n) is 14.7. The van der Waals surface area contributed by atoms with Crippen LogP contribution >= 0.6 is 0 Å². The SMILES string of the molecule is CC[C@H](C(=O)NC1CCCCC1)N(Cc1ccc(OC)cc1)C(=O)CN(c1ccc(C)cc1)S(=O)(=O)c1ccc(F)cc1. The van der Waals surface area contributed by atoms with Gasteiger partial charge in [-0.2, -0.15) is 0 Å². The molecule has 10 heteroatoms. The van der Waals surface area contributed by atoms with E-state index >= 15 is 0 Å². The fourth-order valence-corrected chi connectivity index (χ4v) is 6.78. The van der Waals surface area contributed by atoms with Crippen molar-refractivity contribution >= 4 is 27.5 Å². The summed E-state index contributed by atoms with van der Waals surface area (Å²) >= 11 is 0. The van der Waals surface area contributed by atoms with Crippen LogP contribution in [0.5, 0.6) is 5.75 Å². The molecule has 1 saturated carbocycles. The second-order valence-corrected chi connectivity index (χ2v) is 12.8. The second kappa shape index (κ2) is 14.5. The summed E-state index contributed by atoms with van der Waals surface area (Å²) in [5.41, 5.74) is 1.97. The van der Waals surface area contributed by atoms with E-state index in [0.29, 0.717) is 12.2 Å². The van der Waals surface area contributed by atoms with Crippen LogP contribution in [-0.2, 0) is 26.2 Å². The van der Waals surface area contributed by atoms with Crippen LogP contribution in [-0.4, -0.2) is 50.9 Å². The van der Waals surface area contributed by atoms with Crippen molar-refractivity contribution in [1.82, 2.24) is 10.2 Å². The third-order valence-electron chi connectivity index (χ3n) is 7.85.